The van der Waals surface area contributed by atoms with Gasteiger partial charge in [-0.1, -0.05) is 37.0 Å². The Morgan fingerprint density at radius 2 is 1.76 bits per heavy atom. The van der Waals surface area contributed by atoms with Crippen molar-refractivity contribution < 1.29 is 4.74 Å². The lowest BCUT2D eigenvalue weighted by atomic mass is 10.3. The predicted molar refractivity (Wildman–Crippen MR) is 77.0 cm³/mol. The molecule has 17 heavy (non-hydrogen) atoms. The van der Waals surface area contributed by atoms with Gasteiger partial charge >= 0.3 is 0 Å². The third-order valence-electron chi connectivity index (χ3n) is 2.46. The maximum atomic E-state index is 5.89. The van der Waals surface area contributed by atoms with E-state index in [4.69, 9.17) is 27.9 Å². The van der Waals surface area contributed by atoms with E-state index in [0.717, 1.165) is 25.4 Å². The van der Waals surface area contributed by atoms with Gasteiger partial charge in [0.1, 0.15) is 12.4 Å². The summed E-state index contributed by atoms with van der Waals surface area (Å²) in [5, 5.41) is 1.08. The summed E-state index contributed by atoms with van der Waals surface area (Å²) < 4.78 is 5.59. The number of likely N-dealkylation sites (N-methyl/N-ethyl adjacent to an activating group) is 1. The molecule has 0 atom stereocenters. The Labute approximate surface area is 119 Å². The molecule has 1 rings (SSSR count). The zero-order valence-corrected chi connectivity index (χ0v) is 12.4. The molecule has 0 spiro atoms. The number of nitrogens with zero attached hydrogens (tertiary/aromatic N) is 1. The van der Waals surface area contributed by atoms with E-state index in [2.05, 4.69) is 18.7 Å². The number of rotatable bonds is 6. The van der Waals surface area contributed by atoms with Crippen LogP contribution in [0, 0.1) is 0 Å². The Bertz CT molecular complexity index is 330. The SMILES string of the molecule is CCN(CC)CCOc1ccc(Cl)c(Cl)c1.Cl. The largest absolute Gasteiger partial charge is 0.492 e. The number of ether oxygens (including phenoxy) is 1. The first-order valence-electron chi connectivity index (χ1n) is 5.47. The number of benzene rings is 1. The van der Waals surface area contributed by atoms with Gasteiger partial charge in [-0.25, -0.2) is 0 Å². The fraction of sp³-hybridized carbons (Fsp3) is 0.500. The Kier molecular flexibility index (Phi) is 8.79. The molecule has 0 aliphatic rings. The molecule has 98 valence electrons. The first kappa shape index (κ1) is 16.9. The monoisotopic (exact) mass is 297 g/mol. The lowest BCUT2D eigenvalue weighted by molar-refractivity contribution is 0.223. The zero-order valence-electron chi connectivity index (χ0n) is 10.1. The maximum Gasteiger partial charge on any atom is 0.120 e. The van der Waals surface area contributed by atoms with Crippen molar-refractivity contribution in [2.45, 2.75) is 13.8 Å². The second-order valence-corrected chi connectivity index (χ2v) is 4.27. The molecule has 5 heteroatoms. The van der Waals surface area contributed by atoms with Gasteiger partial charge in [0.25, 0.3) is 0 Å². The molecule has 0 aliphatic carbocycles. The second kappa shape index (κ2) is 8.87. The predicted octanol–water partition coefficient (Wildman–Crippen LogP) is 4.14. The molecule has 0 saturated carbocycles. The Hall–Kier alpha value is -0.150. The van der Waals surface area contributed by atoms with Gasteiger partial charge in [0, 0.05) is 12.6 Å². The van der Waals surface area contributed by atoms with Crippen LogP contribution in [0.2, 0.25) is 10.0 Å². The summed E-state index contributed by atoms with van der Waals surface area (Å²) in [7, 11) is 0. The van der Waals surface area contributed by atoms with E-state index < -0.39 is 0 Å². The Morgan fingerprint density at radius 1 is 1.12 bits per heavy atom. The van der Waals surface area contributed by atoms with Crippen LogP contribution in [-0.4, -0.2) is 31.1 Å². The second-order valence-electron chi connectivity index (χ2n) is 3.45. The first-order chi connectivity index (χ1) is 7.67. The maximum absolute atomic E-state index is 5.89. The lowest BCUT2D eigenvalue weighted by Crippen LogP contribution is -2.27. The molecule has 0 aliphatic heterocycles. The highest BCUT2D eigenvalue weighted by Gasteiger charge is 2.02. The summed E-state index contributed by atoms with van der Waals surface area (Å²) in [6.45, 7) is 7.96. The van der Waals surface area contributed by atoms with Crippen LogP contribution in [0.4, 0.5) is 0 Å². The summed E-state index contributed by atoms with van der Waals surface area (Å²) in [5.74, 6) is 0.765. The van der Waals surface area contributed by atoms with Crippen molar-refractivity contribution >= 4 is 35.6 Å². The van der Waals surface area contributed by atoms with Gasteiger partial charge in [0.05, 0.1) is 10.0 Å². The molecule has 1 aromatic rings. The van der Waals surface area contributed by atoms with Crippen LogP contribution in [0.15, 0.2) is 18.2 Å². The standard InChI is InChI=1S/C12H17Cl2NO.ClH/c1-3-15(4-2)7-8-16-10-5-6-11(13)12(14)9-10;/h5-6,9H,3-4,7-8H2,1-2H3;1H. The highest BCUT2D eigenvalue weighted by atomic mass is 35.5. The van der Waals surface area contributed by atoms with E-state index >= 15 is 0 Å². The molecule has 0 unspecified atom stereocenters. The van der Waals surface area contributed by atoms with Gasteiger partial charge in [0.2, 0.25) is 0 Å². The summed E-state index contributed by atoms with van der Waals surface area (Å²) in [4.78, 5) is 2.30. The quantitative estimate of drug-likeness (QED) is 0.783. The Balaban J connectivity index is 0.00000256. The van der Waals surface area contributed by atoms with Gasteiger partial charge in [0.15, 0.2) is 0 Å². The fourth-order valence-electron chi connectivity index (χ4n) is 1.40. The molecule has 0 fully saturated rings. The van der Waals surface area contributed by atoms with Crippen LogP contribution >= 0.6 is 35.6 Å². The normalized spacial score (nSPS) is 10.2. The number of hydrogen-bond donors (Lipinski definition) is 0. The first-order valence-corrected chi connectivity index (χ1v) is 6.23. The van der Waals surface area contributed by atoms with Crippen molar-refractivity contribution in [2.75, 3.05) is 26.2 Å². The summed E-state index contributed by atoms with van der Waals surface area (Å²) in [5.41, 5.74) is 0. The molecule has 0 saturated heterocycles. The van der Waals surface area contributed by atoms with Gasteiger partial charge in [-0.15, -0.1) is 12.4 Å². The molecule has 1 aromatic carbocycles. The van der Waals surface area contributed by atoms with Crippen molar-refractivity contribution in [3.8, 4) is 5.75 Å². The van der Waals surface area contributed by atoms with Gasteiger partial charge in [-0.05, 0) is 25.2 Å². The fourth-order valence-corrected chi connectivity index (χ4v) is 1.69. The molecular weight excluding hydrogens is 280 g/mol. The highest BCUT2D eigenvalue weighted by Crippen LogP contribution is 2.26. The van der Waals surface area contributed by atoms with Crippen molar-refractivity contribution in [3.05, 3.63) is 28.2 Å². The molecule has 0 bridgehead atoms. The van der Waals surface area contributed by atoms with Gasteiger partial charge in [-0.3, -0.25) is 0 Å². The van der Waals surface area contributed by atoms with E-state index in [1.165, 1.54) is 0 Å². The lowest BCUT2D eigenvalue weighted by Gasteiger charge is -2.18. The highest BCUT2D eigenvalue weighted by molar-refractivity contribution is 6.42. The number of halogens is 3. The average molecular weight is 299 g/mol. The molecule has 0 N–H and O–H groups in total. The van der Waals surface area contributed by atoms with E-state index in [9.17, 15) is 0 Å². The van der Waals surface area contributed by atoms with Gasteiger partial charge < -0.3 is 9.64 Å². The van der Waals surface area contributed by atoms with Crippen LogP contribution in [0.1, 0.15) is 13.8 Å². The minimum atomic E-state index is 0. The zero-order chi connectivity index (χ0) is 12.0. The van der Waals surface area contributed by atoms with Crippen LogP contribution in [0.25, 0.3) is 0 Å². The third-order valence-corrected chi connectivity index (χ3v) is 3.20. The van der Waals surface area contributed by atoms with E-state index in [0.29, 0.717) is 16.7 Å². The van der Waals surface area contributed by atoms with Crippen molar-refractivity contribution in [1.29, 1.82) is 0 Å². The third kappa shape index (κ3) is 5.82. The molecule has 0 aromatic heterocycles. The number of hydrogen-bond acceptors (Lipinski definition) is 2. The Morgan fingerprint density at radius 3 is 2.29 bits per heavy atom. The molecule has 0 radical (unpaired) electrons. The van der Waals surface area contributed by atoms with E-state index in [1.807, 2.05) is 6.07 Å². The summed E-state index contributed by atoms with van der Waals surface area (Å²) >= 11 is 11.7. The van der Waals surface area contributed by atoms with E-state index in [1.54, 1.807) is 12.1 Å². The minimum absolute atomic E-state index is 0. The van der Waals surface area contributed by atoms with Crippen LogP contribution < -0.4 is 4.74 Å². The molecule has 0 amide bonds. The van der Waals surface area contributed by atoms with Crippen molar-refractivity contribution in [2.24, 2.45) is 0 Å². The van der Waals surface area contributed by atoms with Crippen LogP contribution in [-0.2, 0) is 0 Å². The molecular formula is C12H18Cl3NO. The van der Waals surface area contributed by atoms with Crippen LogP contribution in [0.3, 0.4) is 0 Å². The summed E-state index contributed by atoms with van der Waals surface area (Å²) in [6.07, 6.45) is 0. The van der Waals surface area contributed by atoms with Gasteiger partial charge in [-0.2, -0.15) is 0 Å². The van der Waals surface area contributed by atoms with E-state index in [-0.39, 0.29) is 12.4 Å². The molecule has 0 heterocycles. The topological polar surface area (TPSA) is 12.5 Å². The average Bonchev–Trinajstić information content (AvgIpc) is 2.29. The minimum Gasteiger partial charge on any atom is -0.492 e. The van der Waals surface area contributed by atoms with Crippen molar-refractivity contribution in [3.63, 3.8) is 0 Å². The summed E-state index contributed by atoms with van der Waals surface area (Å²) in [6, 6.07) is 5.32. The smallest absolute Gasteiger partial charge is 0.120 e. The molecule has 2 nitrogen and oxygen atoms in total. The van der Waals surface area contributed by atoms with Crippen LogP contribution in [0.5, 0.6) is 5.75 Å². The van der Waals surface area contributed by atoms with Crippen molar-refractivity contribution in [1.82, 2.24) is 4.90 Å².